The van der Waals surface area contributed by atoms with Gasteiger partial charge in [-0.3, -0.25) is 13.9 Å². The van der Waals surface area contributed by atoms with Crippen molar-refractivity contribution in [3.8, 4) is 0 Å². The predicted octanol–water partition coefficient (Wildman–Crippen LogP) is 2.80. The number of carbonyl (C=O) groups is 2. The zero-order valence-electron chi connectivity index (χ0n) is 17.5. The quantitative estimate of drug-likeness (QED) is 0.611. The molecule has 2 aromatic rings. The Bertz CT molecular complexity index is 1030. The number of para-hydroxylation sites is 1. The first-order chi connectivity index (χ1) is 14.6. The predicted molar refractivity (Wildman–Crippen MR) is 119 cm³/mol. The van der Waals surface area contributed by atoms with E-state index in [0.717, 1.165) is 10.6 Å². The van der Waals surface area contributed by atoms with Crippen LogP contribution in [0.25, 0.3) is 0 Å². The summed E-state index contributed by atoms with van der Waals surface area (Å²) in [6.45, 7) is 1.20. The van der Waals surface area contributed by atoms with E-state index in [1.807, 2.05) is 0 Å². The molecule has 2 amide bonds. The van der Waals surface area contributed by atoms with Crippen molar-refractivity contribution >= 4 is 39.1 Å². The van der Waals surface area contributed by atoms with Crippen LogP contribution in [0.15, 0.2) is 48.5 Å². The summed E-state index contributed by atoms with van der Waals surface area (Å²) in [6.07, 6.45) is 1.28. The first kappa shape index (κ1) is 24.6. The number of nitrogens with zero attached hydrogens (tertiary/aromatic N) is 2. The Hall–Kier alpha value is -2.65. The fraction of sp³-hybridized carbons (Fsp3) is 0.333. The maximum absolute atomic E-state index is 13.3. The summed E-state index contributed by atoms with van der Waals surface area (Å²) >= 11 is 6.16. The summed E-state index contributed by atoms with van der Waals surface area (Å²) in [6, 6.07) is 11.0. The first-order valence-electron chi connectivity index (χ1n) is 9.56. The van der Waals surface area contributed by atoms with Crippen LogP contribution in [0.1, 0.15) is 18.9 Å². The van der Waals surface area contributed by atoms with Gasteiger partial charge in [0.05, 0.1) is 17.0 Å². The van der Waals surface area contributed by atoms with E-state index in [4.69, 9.17) is 11.6 Å². The Morgan fingerprint density at radius 2 is 1.74 bits per heavy atom. The maximum Gasteiger partial charge on any atom is 0.244 e. The van der Waals surface area contributed by atoms with E-state index in [2.05, 4.69) is 5.32 Å². The van der Waals surface area contributed by atoms with E-state index in [1.165, 1.54) is 48.3 Å². The van der Waals surface area contributed by atoms with Crippen LogP contribution >= 0.6 is 11.6 Å². The van der Waals surface area contributed by atoms with Gasteiger partial charge in [-0.2, -0.15) is 0 Å². The highest BCUT2D eigenvalue weighted by atomic mass is 35.5. The van der Waals surface area contributed by atoms with Crippen LogP contribution in [-0.2, 0) is 26.2 Å². The lowest BCUT2D eigenvalue weighted by Gasteiger charge is -2.32. The molecule has 0 heterocycles. The molecule has 0 fully saturated rings. The van der Waals surface area contributed by atoms with Crippen LogP contribution in [0.4, 0.5) is 10.1 Å². The number of hydrogen-bond donors (Lipinski definition) is 1. The van der Waals surface area contributed by atoms with Gasteiger partial charge in [0.15, 0.2) is 0 Å². The van der Waals surface area contributed by atoms with Crippen LogP contribution < -0.4 is 9.62 Å². The van der Waals surface area contributed by atoms with Crippen molar-refractivity contribution < 1.29 is 22.4 Å². The molecule has 168 valence electrons. The van der Waals surface area contributed by atoms with Crippen LogP contribution in [-0.4, -0.2) is 51.0 Å². The zero-order chi connectivity index (χ0) is 23.2. The lowest BCUT2D eigenvalue weighted by Crippen LogP contribution is -2.51. The van der Waals surface area contributed by atoms with E-state index in [1.54, 1.807) is 19.1 Å². The normalized spacial score (nSPS) is 12.2. The Morgan fingerprint density at radius 1 is 1.13 bits per heavy atom. The van der Waals surface area contributed by atoms with Gasteiger partial charge < -0.3 is 10.2 Å². The van der Waals surface area contributed by atoms with Crippen LogP contribution in [0.5, 0.6) is 0 Å². The van der Waals surface area contributed by atoms with Crippen molar-refractivity contribution in [2.75, 3.05) is 24.2 Å². The topological polar surface area (TPSA) is 86.8 Å². The third kappa shape index (κ3) is 6.41. The van der Waals surface area contributed by atoms with Crippen molar-refractivity contribution in [3.63, 3.8) is 0 Å². The number of anilines is 1. The Morgan fingerprint density at radius 3 is 2.26 bits per heavy atom. The summed E-state index contributed by atoms with van der Waals surface area (Å²) in [5.41, 5.74) is 0.760. The molecule has 7 nitrogen and oxygen atoms in total. The van der Waals surface area contributed by atoms with Gasteiger partial charge in [-0.1, -0.05) is 42.8 Å². The van der Waals surface area contributed by atoms with Crippen molar-refractivity contribution in [2.24, 2.45) is 0 Å². The van der Waals surface area contributed by atoms with E-state index >= 15 is 0 Å². The molecule has 0 aliphatic rings. The van der Waals surface area contributed by atoms with Gasteiger partial charge in [0.25, 0.3) is 0 Å². The smallest absolute Gasteiger partial charge is 0.244 e. The standard InChI is InChI=1S/C21H25ClFN3O4S/c1-4-18(21(28)24-2)25(13-15-9-11-16(23)12-10-15)20(27)14-26(31(3,29)30)19-8-6-5-7-17(19)22/h5-12,18H,4,13-14H2,1-3H3,(H,24,28)/t18-/m1/s1. The number of sulfonamides is 1. The van der Waals surface area contributed by atoms with Gasteiger partial charge in [0.2, 0.25) is 21.8 Å². The number of rotatable bonds is 9. The third-order valence-electron chi connectivity index (χ3n) is 4.70. The minimum Gasteiger partial charge on any atom is -0.357 e. The van der Waals surface area contributed by atoms with E-state index in [0.29, 0.717) is 12.0 Å². The largest absolute Gasteiger partial charge is 0.357 e. The van der Waals surface area contributed by atoms with Crippen LogP contribution in [0, 0.1) is 5.82 Å². The first-order valence-corrected chi connectivity index (χ1v) is 11.8. The second-order valence-electron chi connectivity index (χ2n) is 6.91. The molecule has 0 aliphatic heterocycles. The van der Waals surface area contributed by atoms with Crippen molar-refractivity contribution in [1.29, 1.82) is 0 Å². The lowest BCUT2D eigenvalue weighted by molar-refractivity contribution is -0.140. The molecule has 0 bridgehead atoms. The highest BCUT2D eigenvalue weighted by Crippen LogP contribution is 2.27. The van der Waals surface area contributed by atoms with Crippen molar-refractivity contribution in [3.05, 3.63) is 64.9 Å². The molecule has 0 aliphatic carbocycles. The van der Waals surface area contributed by atoms with Crippen LogP contribution in [0.3, 0.4) is 0 Å². The molecular weight excluding hydrogens is 445 g/mol. The maximum atomic E-state index is 13.3. The molecule has 0 saturated heterocycles. The molecular formula is C21H25ClFN3O4S. The third-order valence-corrected chi connectivity index (χ3v) is 6.14. The Kier molecular flexibility index (Phi) is 8.41. The van der Waals surface area contributed by atoms with Gasteiger partial charge >= 0.3 is 0 Å². The van der Waals surface area contributed by atoms with Crippen LogP contribution in [0.2, 0.25) is 5.02 Å². The van der Waals surface area contributed by atoms with Gasteiger partial charge in [-0.25, -0.2) is 12.8 Å². The fourth-order valence-corrected chi connectivity index (χ4v) is 4.27. The molecule has 2 aromatic carbocycles. The summed E-state index contributed by atoms with van der Waals surface area (Å²) in [7, 11) is -2.40. The molecule has 0 unspecified atom stereocenters. The molecule has 1 N–H and O–H groups in total. The molecule has 10 heteroatoms. The number of benzene rings is 2. The molecule has 0 aromatic heterocycles. The summed E-state index contributed by atoms with van der Waals surface area (Å²) in [5, 5.41) is 2.70. The molecule has 0 saturated carbocycles. The number of amides is 2. The van der Waals surface area contributed by atoms with E-state index in [-0.39, 0.29) is 23.2 Å². The van der Waals surface area contributed by atoms with Crippen molar-refractivity contribution in [2.45, 2.75) is 25.9 Å². The molecule has 0 radical (unpaired) electrons. The Labute approximate surface area is 186 Å². The minimum atomic E-state index is -3.85. The average Bonchev–Trinajstić information content (AvgIpc) is 2.72. The van der Waals surface area contributed by atoms with Gasteiger partial charge in [0.1, 0.15) is 18.4 Å². The number of hydrogen-bond acceptors (Lipinski definition) is 4. The number of nitrogens with one attached hydrogen (secondary N) is 1. The van der Waals surface area contributed by atoms with Crippen molar-refractivity contribution in [1.82, 2.24) is 10.2 Å². The zero-order valence-corrected chi connectivity index (χ0v) is 19.1. The SMILES string of the molecule is CC[C@H](C(=O)NC)N(Cc1ccc(F)cc1)C(=O)CN(c1ccccc1Cl)S(C)(=O)=O. The summed E-state index contributed by atoms with van der Waals surface area (Å²) in [5.74, 6) is -1.41. The van der Waals surface area contributed by atoms with E-state index < -0.39 is 34.3 Å². The molecule has 31 heavy (non-hydrogen) atoms. The molecule has 0 spiro atoms. The second-order valence-corrected chi connectivity index (χ2v) is 9.22. The summed E-state index contributed by atoms with van der Waals surface area (Å²) in [4.78, 5) is 27.0. The molecule has 2 rings (SSSR count). The van der Waals surface area contributed by atoms with Gasteiger partial charge in [-0.15, -0.1) is 0 Å². The highest BCUT2D eigenvalue weighted by molar-refractivity contribution is 7.92. The number of halogens is 2. The number of likely N-dealkylation sites (N-methyl/N-ethyl adjacent to an activating group) is 1. The fourth-order valence-electron chi connectivity index (χ4n) is 3.12. The van der Waals surface area contributed by atoms with E-state index in [9.17, 15) is 22.4 Å². The highest BCUT2D eigenvalue weighted by Gasteiger charge is 2.31. The minimum absolute atomic E-state index is 0.00512. The van der Waals surface area contributed by atoms with Gasteiger partial charge in [0, 0.05) is 13.6 Å². The monoisotopic (exact) mass is 469 g/mol. The Balaban J connectivity index is 2.43. The second kappa shape index (κ2) is 10.6. The van der Waals surface area contributed by atoms with Gasteiger partial charge in [-0.05, 0) is 36.2 Å². The summed E-state index contributed by atoms with van der Waals surface area (Å²) < 4.78 is 39.1. The average molecular weight is 470 g/mol. The number of carbonyl (C=O) groups excluding carboxylic acids is 2. The molecule has 1 atom stereocenters. The lowest BCUT2D eigenvalue weighted by atomic mass is 10.1.